The highest BCUT2D eigenvalue weighted by Gasteiger charge is 2.45. The molecule has 0 bridgehead atoms. The fourth-order valence-electron chi connectivity index (χ4n) is 5.69. The number of aromatic nitrogens is 2. The molecule has 0 fully saturated rings. The lowest BCUT2D eigenvalue weighted by Crippen LogP contribution is -2.44. The van der Waals surface area contributed by atoms with Crippen molar-refractivity contribution in [3.05, 3.63) is 50.8 Å². The monoisotopic (exact) mass is 519 g/mol. The Hall–Kier alpha value is -3.43. The van der Waals surface area contributed by atoms with Gasteiger partial charge >= 0.3 is 5.97 Å². The van der Waals surface area contributed by atoms with Crippen molar-refractivity contribution in [1.82, 2.24) is 14.9 Å². The van der Waals surface area contributed by atoms with Gasteiger partial charge in [-0.25, -0.2) is 9.78 Å². The van der Waals surface area contributed by atoms with Crippen LogP contribution in [0.25, 0.3) is 22.3 Å². The molecule has 9 heteroatoms. The van der Waals surface area contributed by atoms with E-state index in [0.717, 1.165) is 48.0 Å². The van der Waals surface area contributed by atoms with Crippen molar-refractivity contribution in [3.8, 4) is 22.9 Å². The van der Waals surface area contributed by atoms with Crippen LogP contribution in [-0.4, -0.2) is 46.9 Å². The van der Waals surface area contributed by atoms with Gasteiger partial charge in [0.2, 0.25) is 0 Å². The molecule has 9 nitrogen and oxygen atoms in total. The summed E-state index contributed by atoms with van der Waals surface area (Å²) in [4.78, 5) is 31.2. The third-order valence-corrected chi connectivity index (χ3v) is 8.21. The molecule has 3 aromatic rings. The number of pyridine rings is 2. The summed E-state index contributed by atoms with van der Waals surface area (Å²) >= 11 is 0. The largest absolute Gasteiger partial charge is 0.486 e. The zero-order valence-corrected chi connectivity index (χ0v) is 22.1. The van der Waals surface area contributed by atoms with E-state index in [4.69, 9.17) is 19.2 Å². The number of cyclic esters (lactones) is 1. The molecular weight excluding hydrogens is 486 g/mol. The lowest BCUT2D eigenvalue weighted by molar-refractivity contribution is -0.172. The molecule has 0 radical (unpaired) electrons. The van der Waals surface area contributed by atoms with E-state index in [1.54, 1.807) is 17.6 Å². The second-order valence-electron chi connectivity index (χ2n) is 10.5. The van der Waals surface area contributed by atoms with Crippen molar-refractivity contribution in [2.24, 2.45) is 5.92 Å². The van der Waals surface area contributed by atoms with Gasteiger partial charge in [-0.1, -0.05) is 27.2 Å². The summed E-state index contributed by atoms with van der Waals surface area (Å²) < 4.78 is 18.6. The first-order valence-electron chi connectivity index (χ1n) is 13.5. The van der Waals surface area contributed by atoms with Gasteiger partial charge in [-0.15, -0.1) is 0 Å². The normalized spacial score (nSPS) is 20.1. The van der Waals surface area contributed by atoms with Crippen molar-refractivity contribution in [1.29, 1.82) is 0 Å². The fourth-order valence-corrected chi connectivity index (χ4v) is 5.69. The molecule has 38 heavy (non-hydrogen) atoms. The van der Waals surface area contributed by atoms with Crippen LogP contribution >= 0.6 is 0 Å². The second-order valence-corrected chi connectivity index (χ2v) is 10.5. The highest BCUT2D eigenvalue weighted by atomic mass is 16.6. The molecule has 0 saturated carbocycles. The zero-order valence-electron chi connectivity index (χ0n) is 22.1. The van der Waals surface area contributed by atoms with E-state index < -0.39 is 11.6 Å². The van der Waals surface area contributed by atoms with Crippen LogP contribution in [0.2, 0.25) is 0 Å². The number of nitrogens with one attached hydrogen (secondary N) is 1. The van der Waals surface area contributed by atoms with Crippen molar-refractivity contribution in [2.75, 3.05) is 26.3 Å². The summed E-state index contributed by atoms with van der Waals surface area (Å²) in [6.07, 6.45) is 1.97. The Labute approximate surface area is 220 Å². The summed E-state index contributed by atoms with van der Waals surface area (Å²) in [6.45, 7) is 9.04. The number of aliphatic hydroxyl groups is 1. The van der Waals surface area contributed by atoms with Gasteiger partial charge in [0.05, 0.1) is 29.0 Å². The molecule has 0 saturated heterocycles. The third kappa shape index (κ3) is 3.79. The van der Waals surface area contributed by atoms with Crippen molar-refractivity contribution >= 4 is 16.9 Å². The van der Waals surface area contributed by atoms with Gasteiger partial charge < -0.3 is 29.2 Å². The Kier molecular flexibility index (Phi) is 6.15. The van der Waals surface area contributed by atoms with Gasteiger partial charge in [0, 0.05) is 22.6 Å². The summed E-state index contributed by atoms with van der Waals surface area (Å²) in [5.74, 6) is 1.22. The number of hydrogen-bond donors (Lipinski definition) is 2. The molecule has 5 heterocycles. The molecule has 3 aliphatic heterocycles. The Morgan fingerprint density at radius 1 is 1.11 bits per heavy atom. The van der Waals surface area contributed by atoms with Gasteiger partial charge in [0.25, 0.3) is 5.56 Å². The lowest BCUT2D eigenvalue weighted by Gasteiger charge is -2.31. The maximum atomic E-state index is 13.6. The standard InChI is InChI=1S/C29H33N3O6/c1-4-16(3)13-30-7-6-17-18-10-24-25(37-9-8-36-24)12-22(18)31-26-19(17)14-32-23(26)11-21-20(27(32)33)15-38-28(34)29(21,35)5-2/h10-12,16,30,35H,4-9,13-15H2,1-3H3/t16?,29-/m0/s1. The van der Waals surface area contributed by atoms with E-state index in [9.17, 15) is 14.7 Å². The molecule has 2 aromatic heterocycles. The van der Waals surface area contributed by atoms with Crippen LogP contribution in [0.1, 0.15) is 55.9 Å². The Bertz CT molecular complexity index is 1510. The maximum absolute atomic E-state index is 13.6. The SMILES string of the molecule is CCC(C)CNCCc1c2c(nc3cc4c(cc13)OCCO4)-c1cc3c(c(=O)n1C2)COC(=O)[C@]3(O)CC. The van der Waals surface area contributed by atoms with Gasteiger partial charge in [-0.05, 0) is 49.5 Å². The number of carbonyl (C=O) groups excluding carboxylic acids is 1. The number of fused-ring (bicyclic) bond motifs is 6. The quantitative estimate of drug-likeness (QED) is 0.283. The highest BCUT2D eigenvalue weighted by molar-refractivity contribution is 5.91. The van der Waals surface area contributed by atoms with Crippen molar-refractivity contribution < 1.29 is 24.1 Å². The summed E-state index contributed by atoms with van der Waals surface area (Å²) in [5.41, 5.74) is 2.68. The van der Waals surface area contributed by atoms with Crippen LogP contribution in [0.5, 0.6) is 11.5 Å². The van der Waals surface area contributed by atoms with Crippen LogP contribution < -0.4 is 20.3 Å². The van der Waals surface area contributed by atoms with Gasteiger partial charge in [-0.2, -0.15) is 0 Å². The number of esters is 1. The Balaban J connectivity index is 1.51. The van der Waals surface area contributed by atoms with E-state index in [1.807, 2.05) is 12.1 Å². The molecule has 1 aromatic carbocycles. The summed E-state index contributed by atoms with van der Waals surface area (Å²) in [6, 6.07) is 5.66. The highest BCUT2D eigenvalue weighted by Crippen LogP contribution is 2.42. The molecule has 2 N–H and O–H groups in total. The van der Waals surface area contributed by atoms with E-state index in [0.29, 0.717) is 59.7 Å². The number of ether oxygens (including phenoxy) is 3. The first kappa shape index (κ1) is 24.9. The molecular formula is C29H33N3O6. The Morgan fingerprint density at radius 3 is 2.61 bits per heavy atom. The zero-order chi connectivity index (χ0) is 26.6. The molecule has 200 valence electrons. The molecule has 3 aliphatic rings. The minimum atomic E-state index is -1.85. The molecule has 6 rings (SSSR count). The maximum Gasteiger partial charge on any atom is 0.343 e. The fraction of sp³-hybridized carbons (Fsp3) is 0.483. The van der Waals surface area contributed by atoms with Crippen LogP contribution in [0.3, 0.4) is 0 Å². The van der Waals surface area contributed by atoms with Gasteiger partial charge in [0.15, 0.2) is 17.1 Å². The molecule has 0 aliphatic carbocycles. The summed E-state index contributed by atoms with van der Waals surface area (Å²) in [7, 11) is 0. The van der Waals surface area contributed by atoms with E-state index in [1.165, 1.54) is 0 Å². The number of benzene rings is 1. The van der Waals surface area contributed by atoms with Crippen LogP contribution in [-0.2, 0) is 34.7 Å². The number of carbonyl (C=O) groups is 1. The number of nitrogens with zero attached hydrogens (tertiary/aromatic N) is 2. The first-order chi connectivity index (χ1) is 18.4. The smallest absolute Gasteiger partial charge is 0.343 e. The predicted octanol–water partition coefficient (Wildman–Crippen LogP) is 3.03. The van der Waals surface area contributed by atoms with Crippen LogP contribution in [0, 0.1) is 5.92 Å². The van der Waals surface area contributed by atoms with Crippen molar-refractivity contribution in [3.63, 3.8) is 0 Å². The molecule has 2 atom stereocenters. The summed E-state index contributed by atoms with van der Waals surface area (Å²) in [5, 5.41) is 15.7. The average molecular weight is 520 g/mol. The third-order valence-electron chi connectivity index (χ3n) is 8.21. The van der Waals surface area contributed by atoms with Gasteiger partial charge in [-0.3, -0.25) is 4.79 Å². The van der Waals surface area contributed by atoms with Gasteiger partial charge in [0.1, 0.15) is 19.8 Å². The molecule has 0 amide bonds. The Morgan fingerprint density at radius 2 is 1.87 bits per heavy atom. The predicted molar refractivity (Wildman–Crippen MR) is 142 cm³/mol. The van der Waals surface area contributed by atoms with E-state index in [-0.39, 0.29) is 18.6 Å². The minimum Gasteiger partial charge on any atom is -0.486 e. The minimum absolute atomic E-state index is 0.107. The molecule has 1 unspecified atom stereocenters. The average Bonchev–Trinajstić information content (AvgIpc) is 3.30. The number of hydrogen-bond acceptors (Lipinski definition) is 8. The van der Waals surface area contributed by atoms with Crippen molar-refractivity contribution in [2.45, 2.75) is 58.8 Å². The lowest BCUT2D eigenvalue weighted by atomic mass is 9.86. The van der Waals surface area contributed by atoms with E-state index >= 15 is 0 Å². The first-order valence-corrected chi connectivity index (χ1v) is 13.5. The van der Waals surface area contributed by atoms with Crippen LogP contribution in [0.4, 0.5) is 0 Å². The number of rotatable bonds is 7. The topological polar surface area (TPSA) is 112 Å². The van der Waals surface area contributed by atoms with Crippen LogP contribution in [0.15, 0.2) is 23.0 Å². The second kappa shape index (κ2) is 9.39. The molecule has 0 spiro atoms. The van der Waals surface area contributed by atoms with E-state index in [2.05, 4.69) is 19.2 Å².